The number of halogens is 1. The van der Waals surface area contributed by atoms with Crippen LogP contribution in [-0.2, 0) is 20.8 Å². The molecule has 21 heavy (non-hydrogen) atoms. The van der Waals surface area contributed by atoms with Crippen LogP contribution in [0.15, 0.2) is 24.5 Å². The van der Waals surface area contributed by atoms with Crippen LogP contribution in [-0.4, -0.2) is 53.2 Å². The minimum absolute atomic E-state index is 0.332. The summed E-state index contributed by atoms with van der Waals surface area (Å²) in [5, 5.41) is 0.670. The van der Waals surface area contributed by atoms with Crippen LogP contribution in [0.3, 0.4) is 0 Å². The van der Waals surface area contributed by atoms with Gasteiger partial charge in [0.1, 0.15) is 5.65 Å². The first kappa shape index (κ1) is 14.3. The van der Waals surface area contributed by atoms with Gasteiger partial charge in [0.05, 0.1) is 24.4 Å². The fourth-order valence-electron chi connectivity index (χ4n) is 2.44. The molecule has 0 amide bonds. The average molecular weight is 310 g/mol. The van der Waals surface area contributed by atoms with Gasteiger partial charge >= 0.3 is 5.97 Å². The lowest BCUT2D eigenvalue weighted by atomic mass is 10.2. The number of pyridine rings is 1. The van der Waals surface area contributed by atoms with Gasteiger partial charge in [-0.1, -0.05) is 11.6 Å². The maximum Gasteiger partial charge on any atom is 0.336 e. The van der Waals surface area contributed by atoms with Gasteiger partial charge in [-0.05, 0) is 12.1 Å². The van der Waals surface area contributed by atoms with E-state index in [0.717, 1.165) is 17.9 Å². The number of aromatic nitrogens is 2. The van der Waals surface area contributed by atoms with Crippen molar-refractivity contribution in [2.45, 2.75) is 12.6 Å². The molecule has 3 rings (SSSR count). The third-order valence-electron chi connectivity index (χ3n) is 3.47. The quantitative estimate of drug-likeness (QED) is 0.801. The van der Waals surface area contributed by atoms with Crippen molar-refractivity contribution in [2.75, 3.05) is 26.8 Å². The number of ether oxygens (including phenoxy) is 2. The molecule has 1 atom stereocenters. The van der Waals surface area contributed by atoms with Crippen LogP contribution in [0, 0.1) is 0 Å². The summed E-state index contributed by atoms with van der Waals surface area (Å²) in [6.45, 7) is 2.46. The number of methoxy groups -OCH3 is 1. The topological polar surface area (TPSA) is 56.1 Å². The predicted molar refractivity (Wildman–Crippen MR) is 77.2 cm³/mol. The molecule has 112 valence electrons. The maximum atomic E-state index is 11.5. The molecular weight excluding hydrogens is 294 g/mol. The van der Waals surface area contributed by atoms with Crippen LogP contribution in [0.2, 0.25) is 5.02 Å². The summed E-state index contributed by atoms with van der Waals surface area (Å²) < 4.78 is 12.0. The molecule has 0 radical (unpaired) electrons. The Morgan fingerprint density at radius 2 is 2.38 bits per heavy atom. The highest BCUT2D eigenvalue weighted by molar-refractivity contribution is 6.30. The van der Waals surface area contributed by atoms with E-state index in [-0.39, 0.29) is 5.97 Å². The van der Waals surface area contributed by atoms with E-state index in [1.54, 1.807) is 0 Å². The number of nitrogens with zero attached hydrogens (tertiary/aromatic N) is 3. The molecular formula is C14H16ClN3O3. The first-order valence-corrected chi connectivity index (χ1v) is 7.08. The van der Waals surface area contributed by atoms with Gasteiger partial charge in [-0.15, -0.1) is 0 Å². The number of carbonyl (C=O) groups excluding carboxylic acids is 1. The summed E-state index contributed by atoms with van der Waals surface area (Å²) in [4.78, 5) is 18.2. The van der Waals surface area contributed by atoms with Gasteiger partial charge < -0.3 is 13.9 Å². The van der Waals surface area contributed by atoms with Crippen LogP contribution < -0.4 is 0 Å². The fourth-order valence-corrected chi connectivity index (χ4v) is 2.61. The van der Waals surface area contributed by atoms with E-state index < -0.39 is 6.10 Å². The van der Waals surface area contributed by atoms with Gasteiger partial charge in [0, 0.05) is 32.0 Å². The van der Waals surface area contributed by atoms with Crippen LogP contribution in [0.1, 0.15) is 5.69 Å². The molecule has 2 aromatic rings. The van der Waals surface area contributed by atoms with Crippen LogP contribution in [0.4, 0.5) is 0 Å². The minimum Gasteiger partial charge on any atom is -0.467 e. The predicted octanol–water partition coefficient (Wildman–Crippen LogP) is 1.36. The summed E-state index contributed by atoms with van der Waals surface area (Å²) in [6.07, 6.45) is 3.25. The van der Waals surface area contributed by atoms with Crippen molar-refractivity contribution in [3.05, 3.63) is 35.2 Å². The van der Waals surface area contributed by atoms with Crippen LogP contribution in [0.5, 0.6) is 0 Å². The Balaban J connectivity index is 1.71. The zero-order valence-electron chi connectivity index (χ0n) is 11.7. The summed E-state index contributed by atoms with van der Waals surface area (Å²) >= 11 is 5.96. The molecule has 1 aliphatic rings. The maximum absolute atomic E-state index is 11.5. The Bertz CT molecular complexity index is 658. The van der Waals surface area contributed by atoms with Crippen molar-refractivity contribution in [1.29, 1.82) is 0 Å². The molecule has 0 aliphatic carbocycles. The number of esters is 1. The second-order valence-electron chi connectivity index (χ2n) is 4.96. The molecule has 3 heterocycles. The van der Waals surface area contributed by atoms with Gasteiger partial charge in [-0.2, -0.15) is 0 Å². The van der Waals surface area contributed by atoms with E-state index in [1.165, 1.54) is 7.11 Å². The summed E-state index contributed by atoms with van der Waals surface area (Å²) in [5.74, 6) is -0.332. The molecule has 0 spiro atoms. The molecule has 1 saturated heterocycles. The van der Waals surface area contributed by atoms with Crippen molar-refractivity contribution < 1.29 is 14.3 Å². The van der Waals surface area contributed by atoms with Gasteiger partial charge in [-0.3, -0.25) is 4.90 Å². The number of morpholine rings is 1. The highest BCUT2D eigenvalue weighted by Crippen LogP contribution is 2.14. The minimum atomic E-state index is -0.518. The van der Waals surface area contributed by atoms with Crippen molar-refractivity contribution in [1.82, 2.24) is 14.3 Å². The largest absolute Gasteiger partial charge is 0.467 e. The zero-order valence-corrected chi connectivity index (χ0v) is 12.4. The van der Waals surface area contributed by atoms with Gasteiger partial charge in [-0.25, -0.2) is 9.78 Å². The molecule has 1 aliphatic heterocycles. The Morgan fingerprint density at radius 1 is 1.52 bits per heavy atom. The van der Waals surface area contributed by atoms with E-state index in [0.29, 0.717) is 24.7 Å². The van der Waals surface area contributed by atoms with Gasteiger partial charge in [0.25, 0.3) is 0 Å². The molecule has 1 fully saturated rings. The van der Waals surface area contributed by atoms with Crippen molar-refractivity contribution in [3.63, 3.8) is 0 Å². The molecule has 7 heteroatoms. The average Bonchev–Trinajstić information content (AvgIpc) is 2.88. The number of carbonyl (C=O) groups is 1. The van der Waals surface area contributed by atoms with Crippen molar-refractivity contribution in [3.8, 4) is 0 Å². The summed E-state index contributed by atoms with van der Waals surface area (Å²) in [5.41, 5.74) is 1.79. The highest BCUT2D eigenvalue weighted by Gasteiger charge is 2.27. The fraction of sp³-hybridized carbons (Fsp3) is 0.429. The highest BCUT2D eigenvalue weighted by atomic mass is 35.5. The van der Waals surface area contributed by atoms with Crippen LogP contribution >= 0.6 is 11.6 Å². The van der Waals surface area contributed by atoms with Gasteiger partial charge in [0.15, 0.2) is 6.10 Å². The van der Waals surface area contributed by atoms with Crippen LogP contribution in [0.25, 0.3) is 5.65 Å². The lowest BCUT2D eigenvalue weighted by Gasteiger charge is -2.30. The lowest BCUT2D eigenvalue weighted by Crippen LogP contribution is -2.46. The third kappa shape index (κ3) is 3.18. The number of hydrogen-bond donors (Lipinski definition) is 0. The molecule has 2 aromatic heterocycles. The standard InChI is InChI=1S/C14H16ClN3O3/c1-20-14(19)12-9-17(4-5-21-12)7-11-8-18-6-10(15)2-3-13(18)16-11/h2-3,6,8,12H,4-5,7,9H2,1H3. The second kappa shape index (κ2) is 6.01. The normalized spacial score (nSPS) is 19.8. The smallest absolute Gasteiger partial charge is 0.336 e. The number of hydrogen-bond acceptors (Lipinski definition) is 5. The molecule has 1 unspecified atom stereocenters. The van der Waals surface area contributed by atoms with E-state index in [1.807, 2.05) is 28.9 Å². The number of fused-ring (bicyclic) bond motifs is 1. The van der Waals surface area contributed by atoms with Crippen molar-refractivity contribution >= 4 is 23.2 Å². The van der Waals surface area contributed by atoms with E-state index in [2.05, 4.69) is 9.88 Å². The van der Waals surface area contributed by atoms with E-state index >= 15 is 0 Å². The first-order chi connectivity index (χ1) is 10.2. The Morgan fingerprint density at radius 3 is 3.19 bits per heavy atom. The summed E-state index contributed by atoms with van der Waals surface area (Å²) in [7, 11) is 1.37. The first-order valence-electron chi connectivity index (χ1n) is 6.70. The molecule has 6 nitrogen and oxygen atoms in total. The Hall–Kier alpha value is -1.63. The van der Waals surface area contributed by atoms with Gasteiger partial charge in [0.2, 0.25) is 0 Å². The van der Waals surface area contributed by atoms with E-state index in [9.17, 15) is 4.79 Å². The number of imidazole rings is 1. The van der Waals surface area contributed by atoms with Crippen molar-refractivity contribution in [2.24, 2.45) is 0 Å². The molecule has 0 N–H and O–H groups in total. The number of rotatable bonds is 3. The summed E-state index contributed by atoms with van der Waals surface area (Å²) in [6, 6.07) is 3.69. The second-order valence-corrected chi connectivity index (χ2v) is 5.40. The third-order valence-corrected chi connectivity index (χ3v) is 3.69. The Labute approximate surface area is 127 Å². The molecule has 0 aromatic carbocycles. The lowest BCUT2D eigenvalue weighted by molar-refractivity contribution is -0.160. The molecule has 0 saturated carbocycles. The van der Waals surface area contributed by atoms with E-state index in [4.69, 9.17) is 21.1 Å². The molecule has 0 bridgehead atoms. The zero-order chi connectivity index (χ0) is 14.8. The monoisotopic (exact) mass is 309 g/mol. The Kier molecular flexibility index (Phi) is 4.10. The SMILES string of the molecule is COC(=O)C1CN(Cc2cn3cc(Cl)ccc3n2)CCO1.